The van der Waals surface area contributed by atoms with Crippen LogP contribution in [0, 0.1) is 17.0 Å². The summed E-state index contributed by atoms with van der Waals surface area (Å²) < 4.78 is 1.77. The van der Waals surface area contributed by atoms with E-state index >= 15 is 0 Å². The first-order valence-corrected chi connectivity index (χ1v) is 12.2. The molecule has 4 aromatic rings. The fourth-order valence-corrected chi connectivity index (χ4v) is 4.88. The average molecular weight is 528 g/mol. The van der Waals surface area contributed by atoms with E-state index in [9.17, 15) is 14.9 Å². The van der Waals surface area contributed by atoms with Crippen LogP contribution in [0.1, 0.15) is 27.3 Å². The van der Waals surface area contributed by atoms with Crippen molar-refractivity contribution in [3.63, 3.8) is 0 Å². The number of halogens is 2. The van der Waals surface area contributed by atoms with Gasteiger partial charge in [-0.1, -0.05) is 65.3 Å². The van der Waals surface area contributed by atoms with E-state index in [1.54, 1.807) is 22.8 Å². The molecule has 0 spiro atoms. The second-order valence-electron chi connectivity index (χ2n) is 7.54. The highest BCUT2D eigenvalue weighted by atomic mass is 35.5. The lowest BCUT2D eigenvalue weighted by molar-refractivity contribution is -0.384. The van der Waals surface area contributed by atoms with Crippen LogP contribution in [-0.4, -0.2) is 25.6 Å². The Morgan fingerprint density at radius 1 is 1.09 bits per heavy atom. The van der Waals surface area contributed by atoms with E-state index < -0.39 is 10.8 Å². The first kappa shape index (κ1) is 24.7. The number of rotatable bonds is 8. The third kappa shape index (κ3) is 5.82. The van der Waals surface area contributed by atoms with Gasteiger partial charge < -0.3 is 5.32 Å². The molecule has 0 aliphatic heterocycles. The standard InChI is InChI=1S/C24H19Cl2N5O3S/c1-15-5-2-3-6-17(15)14-35-24-29-28-22(30(24)21-10-9-18(25)12-20(21)26)13-27-23(32)16-7-4-8-19(11-16)31(33)34/h2-12H,13-14H2,1H3,(H,27,32). The zero-order chi connectivity index (χ0) is 24.9. The monoisotopic (exact) mass is 527 g/mol. The van der Waals surface area contributed by atoms with Crippen LogP contribution in [0.5, 0.6) is 0 Å². The van der Waals surface area contributed by atoms with E-state index in [2.05, 4.69) is 21.6 Å². The van der Waals surface area contributed by atoms with E-state index in [1.165, 1.54) is 41.6 Å². The third-order valence-corrected chi connectivity index (χ3v) is 6.71. The van der Waals surface area contributed by atoms with Gasteiger partial charge in [0.05, 0.1) is 22.2 Å². The molecule has 0 unspecified atom stereocenters. The highest BCUT2D eigenvalue weighted by molar-refractivity contribution is 7.98. The van der Waals surface area contributed by atoms with Gasteiger partial charge in [0.1, 0.15) is 0 Å². The first-order valence-electron chi connectivity index (χ1n) is 10.4. The quantitative estimate of drug-likeness (QED) is 0.171. The topological polar surface area (TPSA) is 103 Å². The molecular weight excluding hydrogens is 509 g/mol. The summed E-state index contributed by atoms with van der Waals surface area (Å²) >= 11 is 14.1. The van der Waals surface area contributed by atoms with Crippen molar-refractivity contribution < 1.29 is 9.72 Å². The van der Waals surface area contributed by atoms with Gasteiger partial charge in [0.15, 0.2) is 11.0 Å². The van der Waals surface area contributed by atoms with Crippen molar-refractivity contribution in [2.24, 2.45) is 0 Å². The van der Waals surface area contributed by atoms with Gasteiger partial charge in [-0.25, -0.2) is 0 Å². The molecule has 3 aromatic carbocycles. The Labute approximate surface area is 215 Å². The largest absolute Gasteiger partial charge is 0.345 e. The number of carbonyl (C=O) groups excluding carboxylic acids is 1. The van der Waals surface area contributed by atoms with E-state index in [1.807, 2.05) is 25.1 Å². The fraction of sp³-hybridized carbons (Fsp3) is 0.125. The van der Waals surface area contributed by atoms with Crippen molar-refractivity contribution in [1.82, 2.24) is 20.1 Å². The zero-order valence-electron chi connectivity index (χ0n) is 18.4. The molecule has 1 aromatic heterocycles. The van der Waals surface area contributed by atoms with Gasteiger partial charge in [0.25, 0.3) is 11.6 Å². The Morgan fingerprint density at radius 3 is 2.63 bits per heavy atom. The summed E-state index contributed by atoms with van der Waals surface area (Å²) in [5.74, 6) is 0.635. The Morgan fingerprint density at radius 2 is 1.89 bits per heavy atom. The molecule has 0 atom stereocenters. The minimum atomic E-state index is -0.548. The minimum absolute atomic E-state index is 0.0262. The molecule has 8 nitrogen and oxygen atoms in total. The second kappa shape index (κ2) is 10.9. The predicted octanol–water partition coefficient (Wildman–Crippen LogP) is 6.01. The van der Waals surface area contributed by atoms with Crippen LogP contribution in [0.25, 0.3) is 5.69 Å². The van der Waals surface area contributed by atoms with E-state index in [0.29, 0.717) is 32.5 Å². The highest BCUT2D eigenvalue weighted by Crippen LogP contribution is 2.31. The van der Waals surface area contributed by atoms with Crippen molar-refractivity contribution in [2.45, 2.75) is 24.4 Å². The SMILES string of the molecule is Cc1ccccc1CSc1nnc(CNC(=O)c2cccc([N+](=O)[O-])c2)n1-c1ccc(Cl)cc1Cl. The smallest absolute Gasteiger partial charge is 0.270 e. The van der Waals surface area contributed by atoms with Crippen molar-refractivity contribution in [2.75, 3.05) is 0 Å². The van der Waals surface area contributed by atoms with Crippen LogP contribution in [0.4, 0.5) is 5.69 Å². The maximum atomic E-state index is 12.7. The van der Waals surface area contributed by atoms with E-state index in [4.69, 9.17) is 23.2 Å². The minimum Gasteiger partial charge on any atom is -0.345 e. The first-order chi connectivity index (χ1) is 16.8. The number of hydrogen-bond donors (Lipinski definition) is 1. The number of amides is 1. The van der Waals surface area contributed by atoms with Crippen LogP contribution in [0.3, 0.4) is 0 Å². The van der Waals surface area contributed by atoms with Gasteiger partial charge in [0, 0.05) is 28.5 Å². The van der Waals surface area contributed by atoms with Gasteiger partial charge in [-0.2, -0.15) is 0 Å². The van der Waals surface area contributed by atoms with Crippen LogP contribution in [-0.2, 0) is 12.3 Å². The maximum Gasteiger partial charge on any atom is 0.270 e. The normalized spacial score (nSPS) is 10.8. The molecule has 4 rings (SSSR count). The van der Waals surface area contributed by atoms with E-state index in [0.717, 1.165) is 5.56 Å². The molecule has 178 valence electrons. The summed E-state index contributed by atoms with van der Waals surface area (Å²) in [5, 5.41) is 23.9. The lowest BCUT2D eigenvalue weighted by Gasteiger charge is -2.13. The molecular formula is C24H19Cl2N5O3S. The molecule has 0 saturated carbocycles. The molecule has 11 heteroatoms. The van der Waals surface area contributed by atoms with Crippen molar-refractivity contribution in [3.05, 3.63) is 109 Å². The number of aromatic nitrogens is 3. The zero-order valence-corrected chi connectivity index (χ0v) is 20.8. The number of nitrogens with zero attached hydrogens (tertiary/aromatic N) is 4. The number of benzene rings is 3. The number of aryl methyl sites for hydroxylation is 1. The molecule has 0 radical (unpaired) electrons. The Kier molecular flexibility index (Phi) is 7.70. The summed E-state index contributed by atoms with van der Waals surface area (Å²) in [6, 6.07) is 18.7. The number of nitro benzene ring substituents is 1. The summed E-state index contributed by atoms with van der Waals surface area (Å²) in [5.41, 5.74) is 2.95. The Hall–Kier alpha value is -3.40. The number of nitrogens with one attached hydrogen (secondary N) is 1. The Bertz CT molecular complexity index is 1410. The molecule has 0 aliphatic carbocycles. The number of non-ortho nitro benzene ring substituents is 1. The van der Waals surface area contributed by atoms with Crippen molar-refractivity contribution in [1.29, 1.82) is 0 Å². The molecule has 0 saturated heterocycles. The highest BCUT2D eigenvalue weighted by Gasteiger charge is 2.19. The summed E-state index contributed by atoms with van der Waals surface area (Å²) in [6.07, 6.45) is 0. The van der Waals surface area contributed by atoms with Crippen LogP contribution in [0.15, 0.2) is 71.9 Å². The summed E-state index contributed by atoms with van der Waals surface area (Å²) in [4.78, 5) is 23.1. The summed E-state index contributed by atoms with van der Waals surface area (Å²) in [7, 11) is 0. The van der Waals surface area contributed by atoms with Gasteiger partial charge >= 0.3 is 0 Å². The molecule has 1 N–H and O–H groups in total. The molecule has 0 fully saturated rings. The number of hydrogen-bond acceptors (Lipinski definition) is 6. The van der Waals surface area contributed by atoms with Gasteiger partial charge in [-0.3, -0.25) is 19.5 Å². The lowest BCUT2D eigenvalue weighted by Crippen LogP contribution is -2.24. The average Bonchev–Trinajstić information content (AvgIpc) is 3.24. The molecule has 1 amide bonds. The maximum absolute atomic E-state index is 12.7. The van der Waals surface area contributed by atoms with Crippen molar-refractivity contribution >= 4 is 46.6 Å². The number of nitro groups is 1. The third-order valence-electron chi connectivity index (χ3n) is 5.20. The van der Waals surface area contributed by atoms with Gasteiger partial charge in [-0.15, -0.1) is 10.2 Å². The number of carbonyl (C=O) groups is 1. The second-order valence-corrected chi connectivity index (χ2v) is 9.32. The molecule has 0 aliphatic rings. The Balaban J connectivity index is 1.61. The van der Waals surface area contributed by atoms with Crippen LogP contribution >= 0.6 is 35.0 Å². The molecule has 0 bridgehead atoms. The fourth-order valence-electron chi connectivity index (χ4n) is 3.35. The molecule has 1 heterocycles. The lowest BCUT2D eigenvalue weighted by atomic mass is 10.1. The van der Waals surface area contributed by atoms with Crippen LogP contribution < -0.4 is 5.32 Å². The van der Waals surface area contributed by atoms with E-state index in [-0.39, 0.29) is 17.8 Å². The van der Waals surface area contributed by atoms with Gasteiger partial charge in [0.2, 0.25) is 0 Å². The summed E-state index contributed by atoms with van der Waals surface area (Å²) in [6.45, 7) is 2.07. The number of thioether (sulfide) groups is 1. The van der Waals surface area contributed by atoms with Crippen LogP contribution in [0.2, 0.25) is 10.0 Å². The van der Waals surface area contributed by atoms with Gasteiger partial charge in [-0.05, 0) is 42.3 Å². The van der Waals surface area contributed by atoms with Crippen molar-refractivity contribution in [3.8, 4) is 5.69 Å². The molecule has 35 heavy (non-hydrogen) atoms. The predicted molar refractivity (Wildman–Crippen MR) is 136 cm³/mol.